The summed E-state index contributed by atoms with van der Waals surface area (Å²) in [5.74, 6) is -1.30. The summed E-state index contributed by atoms with van der Waals surface area (Å²) in [4.78, 5) is 40.0. The van der Waals surface area contributed by atoms with Gasteiger partial charge >= 0.3 is 17.4 Å². The number of nitro groups is 1. The minimum atomic E-state index is -1.80. The van der Waals surface area contributed by atoms with Crippen molar-refractivity contribution in [3.05, 3.63) is 87.4 Å². The number of esters is 1. The van der Waals surface area contributed by atoms with Gasteiger partial charge in [-0.15, -0.1) is 0 Å². The number of fused-ring (bicyclic) bond motifs is 4. The maximum absolute atomic E-state index is 13.2. The highest BCUT2D eigenvalue weighted by Gasteiger charge is 2.68. The van der Waals surface area contributed by atoms with E-state index in [0.29, 0.717) is 18.7 Å². The Hall–Kier alpha value is -3.68. The van der Waals surface area contributed by atoms with Crippen LogP contribution in [0.4, 0.5) is 5.69 Å². The number of nitrogens with zero attached hydrogens (tertiary/aromatic N) is 3. The van der Waals surface area contributed by atoms with Crippen molar-refractivity contribution in [2.75, 3.05) is 18.0 Å². The standard InChI is InChI=1S/C19H13N3O5/c23-16-15(22(25)26)17-20(12-6-2-1-3-7-12)10-11-21(17)19(16)14-9-5-4-8-13(14)18(24)27-19/h1-9H,10-11H2. The zero-order valence-electron chi connectivity index (χ0n) is 14.0. The zero-order valence-corrected chi connectivity index (χ0v) is 14.0. The first kappa shape index (κ1) is 15.6. The molecule has 3 aliphatic rings. The lowest BCUT2D eigenvalue weighted by Crippen LogP contribution is -2.46. The Morgan fingerprint density at radius 1 is 1.00 bits per heavy atom. The Kier molecular flexibility index (Phi) is 2.98. The molecule has 1 fully saturated rings. The van der Waals surface area contributed by atoms with Crippen molar-refractivity contribution in [1.82, 2.24) is 4.90 Å². The zero-order chi connectivity index (χ0) is 18.8. The topological polar surface area (TPSA) is 93.0 Å². The molecule has 2 aromatic rings. The van der Waals surface area contributed by atoms with Crippen molar-refractivity contribution in [3.8, 4) is 0 Å². The van der Waals surface area contributed by atoms with Gasteiger partial charge in [-0.3, -0.25) is 14.9 Å². The van der Waals surface area contributed by atoms with Crippen LogP contribution >= 0.6 is 0 Å². The predicted molar refractivity (Wildman–Crippen MR) is 93.1 cm³/mol. The second kappa shape index (κ2) is 5.16. The molecule has 0 amide bonds. The molecule has 1 atom stereocenters. The van der Waals surface area contributed by atoms with E-state index in [9.17, 15) is 19.7 Å². The van der Waals surface area contributed by atoms with Gasteiger partial charge < -0.3 is 14.5 Å². The van der Waals surface area contributed by atoms with Gasteiger partial charge in [-0.05, 0) is 18.2 Å². The number of para-hydroxylation sites is 1. The van der Waals surface area contributed by atoms with Crippen LogP contribution in [0.5, 0.6) is 0 Å². The largest absolute Gasteiger partial charge is 0.422 e. The molecule has 3 aliphatic heterocycles. The minimum absolute atomic E-state index is 0.167. The third-order valence-corrected chi connectivity index (χ3v) is 5.18. The number of carbonyl (C=O) groups excluding carboxylic acids is 2. The van der Waals surface area contributed by atoms with Crippen molar-refractivity contribution < 1.29 is 19.2 Å². The highest BCUT2D eigenvalue weighted by molar-refractivity contribution is 6.10. The van der Waals surface area contributed by atoms with Crippen LogP contribution in [0.15, 0.2) is 66.1 Å². The molecule has 0 aliphatic carbocycles. The van der Waals surface area contributed by atoms with Crippen LogP contribution in [0.2, 0.25) is 0 Å². The van der Waals surface area contributed by atoms with Gasteiger partial charge in [0.2, 0.25) is 0 Å². The lowest BCUT2D eigenvalue weighted by Gasteiger charge is -2.31. The normalized spacial score (nSPS) is 23.1. The second-order valence-electron chi connectivity index (χ2n) is 6.48. The number of hydrogen-bond donors (Lipinski definition) is 0. The van der Waals surface area contributed by atoms with E-state index in [0.717, 1.165) is 5.69 Å². The highest BCUT2D eigenvalue weighted by atomic mass is 16.6. The van der Waals surface area contributed by atoms with Crippen LogP contribution < -0.4 is 4.90 Å². The average Bonchev–Trinajstić information content (AvgIpc) is 3.29. The molecule has 0 N–H and O–H groups in total. The van der Waals surface area contributed by atoms with Crippen LogP contribution in [0.1, 0.15) is 15.9 Å². The van der Waals surface area contributed by atoms with Crippen molar-refractivity contribution in [3.63, 3.8) is 0 Å². The average molecular weight is 363 g/mol. The van der Waals surface area contributed by atoms with E-state index in [1.165, 1.54) is 0 Å². The Balaban J connectivity index is 1.73. The van der Waals surface area contributed by atoms with Crippen LogP contribution in [-0.2, 0) is 15.3 Å². The Bertz CT molecular complexity index is 1050. The molecule has 1 saturated heterocycles. The molecule has 3 heterocycles. The van der Waals surface area contributed by atoms with Gasteiger partial charge in [0.1, 0.15) is 0 Å². The monoisotopic (exact) mass is 363 g/mol. The van der Waals surface area contributed by atoms with Crippen molar-refractivity contribution in [2.45, 2.75) is 5.72 Å². The number of ketones is 1. The molecule has 2 aromatic carbocycles. The molecular formula is C19H13N3O5. The quantitative estimate of drug-likeness (QED) is 0.457. The first-order chi connectivity index (χ1) is 13.1. The molecule has 0 saturated carbocycles. The lowest BCUT2D eigenvalue weighted by atomic mass is 9.95. The number of ether oxygens (including phenoxy) is 1. The SMILES string of the molecule is O=C1OC2(C(=O)C([N+](=O)[O-])=C3N(c4ccccc4)CCN32)c2ccccc21. The maximum atomic E-state index is 13.2. The second-order valence-corrected chi connectivity index (χ2v) is 6.48. The van der Waals surface area contributed by atoms with E-state index in [1.54, 1.807) is 34.1 Å². The molecule has 8 nitrogen and oxygen atoms in total. The summed E-state index contributed by atoms with van der Waals surface area (Å²) in [5, 5.41) is 11.8. The summed E-state index contributed by atoms with van der Waals surface area (Å²) in [6.45, 7) is 0.750. The fourth-order valence-electron chi connectivity index (χ4n) is 4.10. The summed E-state index contributed by atoms with van der Waals surface area (Å²) in [5.41, 5.74) is -1.01. The van der Waals surface area contributed by atoms with Gasteiger partial charge in [0, 0.05) is 24.3 Å². The van der Waals surface area contributed by atoms with E-state index in [4.69, 9.17) is 4.74 Å². The first-order valence-electron chi connectivity index (χ1n) is 8.42. The van der Waals surface area contributed by atoms with Crippen LogP contribution in [0.25, 0.3) is 0 Å². The number of rotatable bonds is 2. The van der Waals surface area contributed by atoms with E-state index in [-0.39, 0.29) is 11.4 Å². The third kappa shape index (κ3) is 1.81. The third-order valence-electron chi connectivity index (χ3n) is 5.18. The van der Waals surface area contributed by atoms with Gasteiger partial charge in [0.25, 0.3) is 5.72 Å². The molecular weight excluding hydrogens is 350 g/mol. The van der Waals surface area contributed by atoms with Gasteiger partial charge in [-0.25, -0.2) is 4.79 Å². The van der Waals surface area contributed by atoms with Crippen molar-refractivity contribution >= 4 is 17.4 Å². The van der Waals surface area contributed by atoms with Gasteiger partial charge in [0.05, 0.1) is 10.5 Å². The summed E-state index contributed by atoms with van der Waals surface area (Å²) >= 11 is 0. The molecule has 0 radical (unpaired) electrons. The van der Waals surface area contributed by atoms with Gasteiger partial charge in [0.15, 0.2) is 5.82 Å². The number of anilines is 1. The van der Waals surface area contributed by atoms with Crippen molar-refractivity contribution in [1.29, 1.82) is 0 Å². The lowest BCUT2D eigenvalue weighted by molar-refractivity contribution is -0.419. The molecule has 5 rings (SSSR count). The molecule has 1 spiro atoms. The summed E-state index contributed by atoms with van der Waals surface area (Å²) in [7, 11) is 0. The summed E-state index contributed by atoms with van der Waals surface area (Å²) in [6.07, 6.45) is 0. The summed E-state index contributed by atoms with van der Waals surface area (Å²) < 4.78 is 5.54. The number of carbonyl (C=O) groups is 2. The number of Topliss-reactive ketones (excluding diaryl/α,β-unsaturated/α-hetero) is 1. The van der Waals surface area contributed by atoms with Gasteiger partial charge in [-0.2, -0.15) is 0 Å². The molecule has 0 aromatic heterocycles. The van der Waals surface area contributed by atoms with E-state index in [1.807, 2.05) is 30.3 Å². The fraction of sp³-hybridized carbons (Fsp3) is 0.158. The van der Waals surface area contributed by atoms with Crippen LogP contribution in [0.3, 0.4) is 0 Å². The Morgan fingerprint density at radius 2 is 1.70 bits per heavy atom. The molecule has 27 heavy (non-hydrogen) atoms. The van der Waals surface area contributed by atoms with Gasteiger partial charge in [-0.1, -0.05) is 36.4 Å². The molecule has 1 unspecified atom stereocenters. The number of benzene rings is 2. The van der Waals surface area contributed by atoms with Crippen molar-refractivity contribution in [2.24, 2.45) is 0 Å². The minimum Gasteiger partial charge on any atom is -0.422 e. The van der Waals surface area contributed by atoms with E-state index in [2.05, 4.69) is 0 Å². The smallest absolute Gasteiger partial charge is 0.359 e. The Labute approximate surface area is 153 Å². The summed E-state index contributed by atoms with van der Waals surface area (Å²) in [6, 6.07) is 15.7. The van der Waals surface area contributed by atoms with Crippen LogP contribution in [0, 0.1) is 10.1 Å². The predicted octanol–water partition coefficient (Wildman–Crippen LogP) is 1.86. The highest BCUT2D eigenvalue weighted by Crippen LogP contribution is 2.51. The molecule has 0 bridgehead atoms. The molecule has 134 valence electrons. The first-order valence-corrected chi connectivity index (χ1v) is 8.42. The Morgan fingerprint density at radius 3 is 2.44 bits per heavy atom. The molecule has 8 heteroatoms. The fourth-order valence-corrected chi connectivity index (χ4v) is 4.10. The maximum Gasteiger partial charge on any atom is 0.359 e. The number of hydrogen-bond acceptors (Lipinski definition) is 7. The van der Waals surface area contributed by atoms with E-state index >= 15 is 0 Å². The van der Waals surface area contributed by atoms with E-state index < -0.39 is 28.1 Å². The van der Waals surface area contributed by atoms with Crippen LogP contribution in [-0.4, -0.2) is 34.7 Å².